The molecule has 0 saturated heterocycles. The van der Waals surface area contributed by atoms with E-state index in [1.165, 1.54) is 6.21 Å². The van der Waals surface area contributed by atoms with Gasteiger partial charge in [-0.2, -0.15) is 5.10 Å². The standard InChI is InChI=1S/C17H17Cl2N3O3S/c1-12-6-8-13(9-7-12)22(26(2,24)25)11-17(23)21-20-10-14-15(18)4-3-5-16(14)19/h3-10H,11H2,1-2H3,(H,21,23)/b20-10-. The Labute approximate surface area is 162 Å². The lowest BCUT2D eigenvalue weighted by molar-refractivity contribution is -0.119. The lowest BCUT2D eigenvalue weighted by Gasteiger charge is -2.21. The fourth-order valence-electron chi connectivity index (χ4n) is 2.08. The molecular formula is C17H17Cl2N3O3S. The van der Waals surface area contributed by atoms with Crippen LogP contribution in [-0.2, 0) is 14.8 Å². The van der Waals surface area contributed by atoms with E-state index in [1.807, 2.05) is 6.92 Å². The molecule has 0 aromatic heterocycles. The highest BCUT2D eigenvalue weighted by molar-refractivity contribution is 7.92. The highest BCUT2D eigenvalue weighted by Gasteiger charge is 2.20. The van der Waals surface area contributed by atoms with E-state index in [0.717, 1.165) is 16.1 Å². The smallest absolute Gasteiger partial charge is 0.260 e. The molecule has 0 heterocycles. The Morgan fingerprint density at radius 2 is 1.73 bits per heavy atom. The predicted molar refractivity (Wildman–Crippen MR) is 106 cm³/mol. The topological polar surface area (TPSA) is 78.8 Å². The number of hydrazone groups is 1. The number of anilines is 1. The molecule has 0 aliphatic heterocycles. The first-order chi connectivity index (χ1) is 12.2. The number of halogens is 2. The summed E-state index contributed by atoms with van der Waals surface area (Å²) in [5.41, 5.74) is 4.10. The van der Waals surface area contributed by atoms with E-state index < -0.39 is 22.5 Å². The molecule has 0 saturated carbocycles. The molecule has 0 spiro atoms. The van der Waals surface area contributed by atoms with Crippen LogP contribution in [0.1, 0.15) is 11.1 Å². The van der Waals surface area contributed by atoms with Crippen molar-refractivity contribution in [1.29, 1.82) is 0 Å². The number of carbonyl (C=O) groups excluding carboxylic acids is 1. The molecule has 0 aliphatic rings. The van der Waals surface area contributed by atoms with Crippen molar-refractivity contribution >= 4 is 51.0 Å². The Kier molecular flexibility index (Phi) is 6.63. The van der Waals surface area contributed by atoms with Gasteiger partial charge in [-0.15, -0.1) is 0 Å². The van der Waals surface area contributed by atoms with Gasteiger partial charge >= 0.3 is 0 Å². The van der Waals surface area contributed by atoms with Crippen LogP contribution in [0.15, 0.2) is 47.6 Å². The van der Waals surface area contributed by atoms with Gasteiger partial charge in [-0.25, -0.2) is 13.8 Å². The second-order valence-corrected chi connectivity index (χ2v) is 8.25. The van der Waals surface area contributed by atoms with Crippen LogP contribution in [0.4, 0.5) is 5.69 Å². The molecule has 9 heteroatoms. The van der Waals surface area contributed by atoms with E-state index in [9.17, 15) is 13.2 Å². The summed E-state index contributed by atoms with van der Waals surface area (Å²) in [6.07, 6.45) is 2.34. The molecule has 0 unspecified atom stereocenters. The van der Waals surface area contributed by atoms with Crippen LogP contribution in [0.3, 0.4) is 0 Å². The molecule has 6 nitrogen and oxygen atoms in total. The summed E-state index contributed by atoms with van der Waals surface area (Å²) in [6, 6.07) is 11.8. The first-order valence-electron chi connectivity index (χ1n) is 7.49. The van der Waals surface area contributed by atoms with Crippen molar-refractivity contribution in [3.63, 3.8) is 0 Å². The van der Waals surface area contributed by atoms with E-state index in [-0.39, 0.29) is 0 Å². The fraction of sp³-hybridized carbons (Fsp3) is 0.176. The molecule has 2 aromatic carbocycles. The summed E-state index contributed by atoms with van der Waals surface area (Å²) in [7, 11) is -3.64. The number of benzene rings is 2. The monoisotopic (exact) mass is 413 g/mol. The van der Waals surface area contributed by atoms with E-state index in [4.69, 9.17) is 23.2 Å². The van der Waals surface area contributed by atoms with E-state index >= 15 is 0 Å². The Hall–Kier alpha value is -2.09. The van der Waals surface area contributed by atoms with Crippen LogP contribution in [0.25, 0.3) is 0 Å². The zero-order chi connectivity index (χ0) is 19.3. The maximum Gasteiger partial charge on any atom is 0.260 e. The van der Waals surface area contributed by atoms with Crippen LogP contribution in [0.5, 0.6) is 0 Å². The van der Waals surface area contributed by atoms with Gasteiger partial charge in [0, 0.05) is 5.56 Å². The van der Waals surface area contributed by atoms with E-state index in [1.54, 1.807) is 42.5 Å². The van der Waals surface area contributed by atoms with Gasteiger partial charge in [0.15, 0.2) is 0 Å². The number of rotatable bonds is 6. The highest BCUT2D eigenvalue weighted by atomic mass is 35.5. The Balaban J connectivity index is 2.11. The maximum absolute atomic E-state index is 12.1. The van der Waals surface area contributed by atoms with Crippen molar-refractivity contribution in [3.8, 4) is 0 Å². The predicted octanol–water partition coefficient (Wildman–Crippen LogP) is 3.22. The van der Waals surface area contributed by atoms with Crippen molar-refractivity contribution in [1.82, 2.24) is 5.43 Å². The zero-order valence-electron chi connectivity index (χ0n) is 14.1. The summed E-state index contributed by atoms with van der Waals surface area (Å²) in [5, 5.41) is 4.56. The number of amides is 1. The quantitative estimate of drug-likeness (QED) is 0.583. The summed E-state index contributed by atoms with van der Waals surface area (Å²) in [6.45, 7) is 1.48. The molecule has 1 amide bonds. The lowest BCUT2D eigenvalue weighted by Crippen LogP contribution is -2.39. The minimum Gasteiger partial charge on any atom is -0.271 e. The van der Waals surface area contributed by atoms with Crippen molar-refractivity contribution in [2.75, 3.05) is 17.1 Å². The molecular weight excluding hydrogens is 397 g/mol. The zero-order valence-corrected chi connectivity index (χ0v) is 16.4. The summed E-state index contributed by atoms with van der Waals surface area (Å²) in [5.74, 6) is -0.601. The third kappa shape index (κ3) is 5.45. The Bertz CT molecular complexity index is 909. The van der Waals surface area contributed by atoms with E-state index in [0.29, 0.717) is 21.3 Å². The summed E-state index contributed by atoms with van der Waals surface area (Å²) < 4.78 is 25.0. The largest absolute Gasteiger partial charge is 0.271 e. The molecule has 0 radical (unpaired) electrons. The van der Waals surface area contributed by atoms with Gasteiger partial charge in [-0.1, -0.05) is 47.0 Å². The first-order valence-corrected chi connectivity index (χ1v) is 10.1. The number of hydrogen-bond donors (Lipinski definition) is 1. The molecule has 0 fully saturated rings. The van der Waals surface area contributed by atoms with Crippen LogP contribution < -0.4 is 9.73 Å². The minimum atomic E-state index is -3.64. The van der Waals surface area contributed by atoms with Crippen molar-refractivity contribution in [3.05, 3.63) is 63.6 Å². The minimum absolute atomic E-state index is 0.382. The average Bonchev–Trinajstić information content (AvgIpc) is 2.55. The Morgan fingerprint density at radius 1 is 1.15 bits per heavy atom. The van der Waals surface area contributed by atoms with Gasteiger partial charge in [0.1, 0.15) is 6.54 Å². The molecule has 0 bridgehead atoms. The number of hydrogen-bond acceptors (Lipinski definition) is 4. The average molecular weight is 414 g/mol. The number of sulfonamides is 1. The van der Waals surface area contributed by atoms with Crippen LogP contribution in [-0.4, -0.2) is 33.3 Å². The number of nitrogens with one attached hydrogen (secondary N) is 1. The number of carbonyl (C=O) groups is 1. The third-order valence-electron chi connectivity index (χ3n) is 3.39. The SMILES string of the molecule is Cc1ccc(N(CC(=O)N/N=C\c2c(Cl)cccc2Cl)S(C)(=O)=O)cc1. The summed E-state index contributed by atoms with van der Waals surface area (Å²) in [4.78, 5) is 12.1. The molecule has 1 N–H and O–H groups in total. The van der Waals surface area contributed by atoms with Gasteiger partial charge in [0.25, 0.3) is 5.91 Å². The van der Waals surface area contributed by atoms with Gasteiger partial charge in [0.05, 0.1) is 28.2 Å². The van der Waals surface area contributed by atoms with Gasteiger partial charge in [-0.05, 0) is 31.2 Å². The van der Waals surface area contributed by atoms with Crippen molar-refractivity contribution in [2.24, 2.45) is 5.10 Å². The second-order valence-electron chi connectivity index (χ2n) is 5.53. The molecule has 0 atom stereocenters. The van der Waals surface area contributed by atoms with Crippen molar-refractivity contribution < 1.29 is 13.2 Å². The summed E-state index contributed by atoms with van der Waals surface area (Å²) >= 11 is 12.0. The number of aryl methyl sites for hydroxylation is 1. The Morgan fingerprint density at radius 3 is 2.27 bits per heavy atom. The van der Waals surface area contributed by atoms with Gasteiger partial charge in [-0.3, -0.25) is 9.10 Å². The first kappa shape index (κ1) is 20.2. The molecule has 0 aliphatic carbocycles. The molecule has 26 heavy (non-hydrogen) atoms. The van der Waals surface area contributed by atoms with Crippen LogP contribution in [0, 0.1) is 6.92 Å². The van der Waals surface area contributed by atoms with Gasteiger partial charge < -0.3 is 0 Å². The van der Waals surface area contributed by atoms with Crippen LogP contribution in [0.2, 0.25) is 10.0 Å². The van der Waals surface area contributed by atoms with Crippen molar-refractivity contribution in [2.45, 2.75) is 6.92 Å². The normalized spacial score (nSPS) is 11.5. The lowest BCUT2D eigenvalue weighted by atomic mass is 10.2. The third-order valence-corrected chi connectivity index (χ3v) is 5.19. The fourth-order valence-corrected chi connectivity index (χ4v) is 3.43. The second kappa shape index (κ2) is 8.53. The molecule has 2 aromatic rings. The highest BCUT2D eigenvalue weighted by Crippen LogP contribution is 2.22. The van der Waals surface area contributed by atoms with Gasteiger partial charge in [0.2, 0.25) is 10.0 Å². The van der Waals surface area contributed by atoms with Crippen LogP contribution >= 0.6 is 23.2 Å². The molecule has 2 rings (SSSR count). The van der Waals surface area contributed by atoms with E-state index in [2.05, 4.69) is 10.5 Å². The maximum atomic E-state index is 12.1. The number of nitrogens with zero attached hydrogens (tertiary/aromatic N) is 2. The molecule has 138 valence electrons.